The summed E-state index contributed by atoms with van der Waals surface area (Å²) < 4.78 is 13.2. The lowest BCUT2D eigenvalue weighted by Crippen LogP contribution is -2.41. The number of rotatable bonds is 5. The molecule has 2 N–H and O–H groups in total. The molecule has 0 saturated heterocycles. The highest BCUT2D eigenvalue weighted by atomic mass is 19.1. The van der Waals surface area contributed by atoms with Gasteiger partial charge in [-0.2, -0.15) is 0 Å². The van der Waals surface area contributed by atoms with Crippen molar-refractivity contribution in [2.24, 2.45) is 5.92 Å². The minimum atomic E-state index is -1.09. The number of nitrogens with one attached hydrogen (secondary N) is 1. The van der Waals surface area contributed by atoms with Crippen LogP contribution in [0.1, 0.15) is 19.4 Å². The highest BCUT2D eigenvalue weighted by molar-refractivity contribution is 5.91. The Bertz CT molecular complexity index is 483. The van der Waals surface area contributed by atoms with Crippen molar-refractivity contribution < 1.29 is 19.1 Å². The van der Waals surface area contributed by atoms with Crippen molar-refractivity contribution in [2.75, 3.05) is 18.4 Å². The highest BCUT2D eigenvalue weighted by Crippen LogP contribution is 2.14. The van der Waals surface area contributed by atoms with Gasteiger partial charge in [-0.1, -0.05) is 13.8 Å². The van der Waals surface area contributed by atoms with E-state index in [4.69, 9.17) is 5.11 Å². The molecule has 0 fully saturated rings. The average molecular weight is 282 g/mol. The fourth-order valence-electron chi connectivity index (χ4n) is 1.83. The number of carboxylic acid groups (broad SMARTS) is 1. The van der Waals surface area contributed by atoms with E-state index >= 15 is 0 Å². The Morgan fingerprint density at radius 2 is 2.00 bits per heavy atom. The summed E-state index contributed by atoms with van der Waals surface area (Å²) in [7, 11) is 0. The molecule has 1 aromatic rings. The normalized spacial score (nSPS) is 10.4. The number of amides is 2. The van der Waals surface area contributed by atoms with Crippen molar-refractivity contribution >= 4 is 17.7 Å². The molecule has 0 unspecified atom stereocenters. The minimum absolute atomic E-state index is 0.134. The topological polar surface area (TPSA) is 69.6 Å². The van der Waals surface area contributed by atoms with Crippen LogP contribution in [-0.2, 0) is 4.79 Å². The SMILES string of the molecule is Cc1cc(F)cc(NC(=O)N(CC(=O)O)CC(C)C)c1. The molecule has 0 aliphatic carbocycles. The van der Waals surface area contributed by atoms with Gasteiger partial charge in [-0.25, -0.2) is 9.18 Å². The van der Waals surface area contributed by atoms with Gasteiger partial charge in [0.05, 0.1) is 0 Å². The Labute approximate surface area is 117 Å². The summed E-state index contributed by atoms with van der Waals surface area (Å²) >= 11 is 0. The van der Waals surface area contributed by atoms with E-state index in [1.807, 2.05) is 13.8 Å². The van der Waals surface area contributed by atoms with Gasteiger partial charge in [-0.3, -0.25) is 4.79 Å². The number of carbonyl (C=O) groups is 2. The number of carbonyl (C=O) groups excluding carboxylic acids is 1. The predicted octanol–water partition coefficient (Wildman–Crippen LogP) is 2.71. The van der Waals surface area contributed by atoms with E-state index in [1.54, 1.807) is 13.0 Å². The van der Waals surface area contributed by atoms with Crippen LogP contribution in [0.2, 0.25) is 0 Å². The molecule has 0 aromatic heterocycles. The van der Waals surface area contributed by atoms with Crippen LogP contribution in [0.4, 0.5) is 14.9 Å². The largest absolute Gasteiger partial charge is 0.480 e. The third kappa shape index (κ3) is 5.26. The Morgan fingerprint density at radius 3 is 2.50 bits per heavy atom. The number of anilines is 1. The Balaban J connectivity index is 2.81. The van der Waals surface area contributed by atoms with Gasteiger partial charge in [0.25, 0.3) is 0 Å². The van der Waals surface area contributed by atoms with Crippen molar-refractivity contribution in [3.05, 3.63) is 29.6 Å². The molecule has 110 valence electrons. The number of halogens is 1. The summed E-state index contributed by atoms with van der Waals surface area (Å²) in [5.41, 5.74) is 0.987. The zero-order valence-corrected chi connectivity index (χ0v) is 11.8. The number of hydrogen-bond donors (Lipinski definition) is 2. The smallest absolute Gasteiger partial charge is 0.323 e. The molecule has 1 rings (SSSR count). The van der Waals surface area contributed by atoms with Crippen LogP contribution in [-0.4, -0.2) is 35.1 Å². The summed E-state index contributed by atoms with van der Waals surface area (Å²) in [6, 6.07) is 3.61. The van der Waals surface area contributed by atoms with Gasteiger partial charge in [-0.05, 0) is 36.6 Å². The van der Waals surface area contributed by atoms with Crippen LogP contribution in [0.5, 0.6) is 0 Å². The first-order chi connectivity index (χ1) is 9.27. The molecule has 0 bridgehead atoms. The number of carboxylic acids is 1. The molecule has 20 heavy (non-hydrogen) atoms. The fourth-order valence-corrected chi connectivity index (χ4v) is 1.83. The number of urea groups is 1. The van der Waals surface area contributed by atoms with Gasteiger partial charge in [0.15, 0.2) is 0 Å². The molecule has 5 nitrogen and oxygen atoms in total. The highest BCUT2D eigenvalue weighted by Gasteiger charge is 2.18. The molecule has 0 spiro atoms. The lowest BCUT2D eigenvalue weighted by molar-refractivity contribution is -0.137. The zero-order chi connectivity index (χ0) is 15.3. The second kappa shape index (κ2) is 6.88. The van der Waals surface area contributed by atoms with Crippen LogP contribution in [0.3, 0.4) is 0 Å². The van der Waals surface area contributed by atoms with Crippen LogP contribution in [0.25, 0.3) is 0 Å². The van der Waals surface area contributed by atoms with Crippen molar-refractivity contribution in [1.29, 1.82) is 0 Å². The second-order valence-corrected chi connectivity index (χ2v) is 5.12. The maximum Gasteiger partial charge on any atom is 0.323 e. The summed E-state index contributed by atoms with van der Waals surface area (Å²) in [6.07, 6.45) is 0. The maximum absolute atomic E-state index is 13.2. The lowest BCUT2D eigenvalue weighted by atomic mass is 10.2. The molecule has 0 atom stereocenters. The van der Waals surface area contributed by atoms with E-state index in [0.717, 1.165) is 0 Å². The Morgan fingerprint density at radius 1 is 1.35 bits per heavy atom. The van der Waals surface area contributed by atoms with Crippen molar-refractivity contribution in [2.45, 2.75) is 20.8 Å². The van der Waals surface area contributed by atoms with E-state index in [0.29, 0.717) is 17.8 Å². The monoisotopic (exact) mass is 282 g/mol. The maximum atomic E-state index is 13.2. The predicted molar refractivity (Wildman–Crippen MR) is 74.2 cm³/mol. The van der Waals surface area contributed by atoms with Gasteiger partial charge in [-0.15, -0.1) is 0 Å². The standard InChI is InChI=1S/C14H19FN2O3/c1-9(2)7-17(8-13(18)19)14(20)16-12-5-10(3)4-11(15)6-12/h4-6,9H,7-8H2,1-3H3,(H,16,20)(H,18,19). The second-order valence-electron chi connectivity index (χ2n) is 5.12. The fraction of sp³-hybridized carbons (Fsp3) is 0.429. The molecule has 0 aliphatic heterocycles. The molecule has 0 saturated carbocycles. The molecule has 0 radical (unpaired) electrons. The first-order valence-corrected chi connectivity index (χ1v) is 6.33. The zero-order valence-electron chi connectivity index (χ0n) is 11.8. The number of hydrogen-bond acceptors (Lipinski definition) is 2. The van der Waals surface area contributed by atoms with Crippen molar-refractivity contribution in [3.8, 4) is 0 Å². The third-order valence-corrected chi connectivity index (χ3v) is 2.49. The van der Waals surface area contributed by atoms with Crippen LogP contribution in [0, 0.1) is 18.7 Å². The average Bonchev–Trinajstić information content (AvgIpc) is 2.24. The molecular weight excluding hydrogens is 263 g/mol. The molecular formula is C14H19FN2O3. The number of nitrogens with zero attached hydrogens (tertiary/aromatic N) is 1. The van der Waals surface area contributed by atoms with Crippen LogP contribution >= 0.6 is 0 Å². The summed E-state index contributed by atoms with van der Waals surface area (Å²) in [6.45, 7) is 5.40. The van der Waals surface area contributed by atoms with E-state index in [-0.39, 0.29) is 5.92 Å². The van der Waals surface area contributed by atoms with Gasteiger partial charge < -0.3 is 15.3 Å². The van der Waals surface area contributed by atoms with Gasteiger partial charge >= 0.3 is 12.0 Å². The first kappa shape index (κ1) is 15.9. The quantitative estimate of drug-likeness (QED) is 0.872. The molecule has 6 heteroatoms. The summed E-state index contributed by atoms with van der Waals surface area (Å²) in [5, 5.41) is 11.3. The molecule has 0 aliphatic rings. The Hall–Kier alpha value is -2.11. The summed E-state index contributed by atoms with van der Waals surface area (Å²) in [4.78, 5) is 24.0. The van der Waals surface area contributed by atoms with E-state index in [9.17, 15) is 14.0 Å². The third-order valence-electron chi connectivity index (χ3n) is 2.49. The lowest BCUT2D eigenvalue weighted by Gasteiger charge is -2.23. The van der Waals surface area contributed by atoms with Crippen LogP contribution < -0.4 is 5.32 Å². The number of aliphatic carboxylic acids is 1. The number of benzene rings is 1. The van der Waals surface area contributed by atoms with Gasteiger partial charge in [0, 0.05) is 12.2 Å². The summed E-state index contributed by atoms with van der Waals surface area (Å²) in [5.74, 6) is -1.40. The van der Waals surface area contributed by atoms with Gasteiger partial charge in [0.1, 0.15) is 12.4 Å². The van der Waals surface area contributed by atoms with E-state index in [2.05, 4.69) is 5.32 Å². The number of aryl methyl sites for hydroxylation is 1. The molecule has 1 aromatic carbocycles. The molecule has 2 amide bonds. The van der Waals surface area contributed by atoms with E-state index in [1.165, 1.54) is 17.0 Å². The molecule has 0 heterocycles. The van der Waals surface area contributed by atoms with Crippen molar-refractivity contribution in [1.82, 2.24) is 4.90 Å². The first-order valence-electron chi connectivity index (χ1n) is 6.33. The van der Waals surface area contributed by atoms with Gasteiger partial charge in [0.2, 0.25) is 0 Å². The van der Waals surface area contributed by atoms with E-state index < -0.39 is 24.4 Å². The minimum Gasteiger partial charge on any atom is -0.480 e. The van der Waals surface area contributed by atoms with Crippen molar-refractivity contribution in [3.63, 3.8) is 0 Å². The van der Waals surface area contributed by atoms with Crippen LogP contribution in [0.15, 0.2) is 18.2 Å². The Kier molecular flexibility index (Phi) is 5.49.